The molecule has 6 aromatic carbocycles. The lowest BCUT2D eigenvalue weighted by Crippen LogP contribution is -2.19. The topological polar surface area (TPSA) is 503 Å². The molecular formula is C53H60N10O23S6. The van der Waals surface area contributed by atoms with Crippen LogP contribution in [0, 0.1) is 13.8 Å². The number of nitrogens with one attached hydrogen (secondary N) is 2. The molecule has 0 radical (unpaired) electrons. The minimum atomic E-state index is -4.86. The Bertz CT molecular complexity index is 4220. The van der Waals surface area contributed by atoms with E-state index in [0.717, 1.165) is 12.1 Å². The van der Waals surface area contributed by atoms with Crippen LogP contribution in [0.1, 0.15) is 49.7 Å². The summed E-state index contributed by atoms with van der Waals surface area (Å²) in [5.74, 6) is -2.16. The molecule has 8 N–H and O–H groups in total. The van der Waals surface area contributed by atoms with Crippen molar-refractivity contribution in [2.24, 2.45) is 40.9 Å². The van der Waals surface area contributed by atoms with E-state index in [2.05, 4.69) is 51.5 Å². The molecular weight excluding hydrogens is 1340 g/mol. The Balaban J connectivity index is 1.17. The van der Waals surface area contributed by atoms with Crippen molar-refractivity contribution >= 4 is 124 Å². The summed E-state index contributed by atoms with van der Waals surface area (Å²) in [6, 6.07) is 24.0. The van der Waals surface area contributed by atoms with E-state index in [-0.39, 0.29) is 133 Å². The third kappa shape index (κ3) is 25.7. The standard InChI is InChI=1S/C53H60N10O23S6/c1-35-29-39(11-15-43(35)58-62-47-19-13-41(33-51(47)91(77,78)79)83-23-7-27-89(71,72)73)56-60-45-17-9-37(31-49(45)85-21-3-5-25-87(65,66)67)54-53(64)55-38-10-18-46(50(32-38)86-22-4-6-26-88(68,69)70)61-57-40-12-16-44(36(2)30-40)59-63-48-20-14-42(34-52(48)92(80,81)82)84-24-8-28-90(74,75)76/h9-20,29-34H,3-8,21-28H2,1-2H3,(H2,54,55,64)(H,65,66,67)(H,68,69,70)(H,71,72,73)(H,74,75,76)(H,77,78,79)(H,80,81,82)/b60-56+,61-57+,62-58?,63-59?. The number of aryl methyl sites for hydroxylation is 2. The van der Waals surface area contributed by atoms with Gasteiger partial charge in [0.15, 0.2) is 0 Å². The average molecular weight is 1400 g/mol. The summed E-state index contributed by atoms with van der Waals surface area (Å²) in [6.07, 6.45) is 0.189. The SMILES string of the molecule is Cc1cc(/N=N/c2ccc(NC(=O)Nc3ccc(/N=N/c4ccc(N=Nc5ccc(OCCCS(=O)(=O)O)cc5S(=O)(=O)O)c(C)c4)c(OCCCCS(=O)(=O)O)c3)cc2OCCCCS(=O)(=O)O)ccc1N=Nc1ccc(OCCCS(=O)(=O)O)cc1S(=O)(=O)O. The van der Waals surface area contributed by atoms with Gasteiger partial charge in [0, 0.05) is 35.6 Å². The normalized spacial score (nSPS) is 12.7. The van der Waals surface area contributed by atoms with Crippen molar-refractivity contribution in [2.75, 3.05) is 60.1 Å². The summed E-state index contributed by atoms with van der Waals surface area (Å²) in [5.41, 5.74) is 2.21. The van der Waals surface area contributed by atoms with Gasteiger partial charge in [-0.25, -0.2) is 4.79 Å². The molecule has 0 aliphatic heterocycles. The van der Waals surface area contributed by atoms with Crippen LogP contribution in [-0.2, 0) is 60.7 Å². The van der Waals surface area contributed by atoms with Crippen molar-refractivity contribution in [1.82, 2.24) is 0 Å². The predicted octanol–water partition coefficient (Wildman–Crippen LogP) is 11.5. The Hall–Kier alpha value is -8.35. The van der Waals surface area contributed by atoms with Crippen molar-refractivity contribution in [2.45, 2.75) is 62.2 Å². The van der Waals surface area contributed by atoms with E-state index in [4.69, 9.17) is 28.1 Å². The summed E-state index contributed by atoms with van der Waals surface area (Å²) in [6.45, 7) is 2.75. The lowest BCUT2D eigenvalue weighted by molar-refractivity contribution is 0.262. The molecule has 0 fully saturated rings. The van der Waals surface area contributed by atoms with Crippen molar-refractivity contribution in [3.63, 3.8) is 0 Å². The van der Waals surface area contributed by atoms with E-state index in [1.807, 2.05) is 0 Å². The number of rotatable bonds is 34. The van der Waals surface area contributed by atoms with E-state index in [1.54, 1.807) is 26.0 Å². The largest absolute Gasteiger partial charge is 0.494 e. The number of hydrogen-bond donors (Lipinski definition) is 8. The van der Waals surface area contributed by atoms with Crippen LogP contribution in [0.5, 0.6) is 23.0 Å². The Morgan fingerprint density at radius 3 is 1.02 bits per heavy atom. The summed E-state index contributed by atoms with van der Waals surface area (Å²) in [5, 5.41) is 38.8. The summed E-state index contributed by atoms with van der Waals surface area (Å²) in [7, 11) is -26.7. The summed E-state index contributed by atoms with van der Waals surface area (Å²) >= 11 is 0. The van der Waals surface area contributed by atoms with Gasteiger partial charge < -0.3 is 29.6 Å². The van der Waals surface area contributed by atoms with Gasteiger partial charge in [-0.3, -0.25) is 27.3 Å². The third-order valence-electron chi connectivity index (χ3n) is 12.0. The van der Waals surface area contributed by atoms with Crippen LogP contribution in [0.25, 0.3) is 0 Å². The molecule has 0 atom stereocenters. The quantitative estimate of drug-likeness (QED) is 0.0106. The van der Waals surface area contributed by atoms with Gasteiger partial charge in [0.2, 0.25) is 0 Å². The first-order valence-electron chi connectivity index (χ1n) is 26.9. The second-order valence-corrected chi connectivity index (χ2v) is 28.6. The molecule has 92 heavy (non-hydrogen) atoms. The highest BCUT2D eigenvalue weighted by Crippen LogP contribution is 2.38. The molecule has 33 nitrogen and oxygen atoms in total. The first-order chi connectivity index (χ1) is 43.1. The lowest BCUT2D eigenvalue weighted by Gasteiger charge is -2.13. The number of carbonyl (C=O) groups excluding carboxylic acids is 1. The van der Waals surface area contributed by atoms with Crippen molar-refractivity contribution in [1.29, 1.82) is 0 Å². The Morgan fingerprint density at radius 2 is 0.674 bits per heavy atom. The average Bonchev–Trinajstić information content (AvgIpc) is 0.871. The number of carbonyl (C=O) groups is 1. The van der Waals surface area contributed by atoms with Crippen molar-refractivity contribution in [3.05, 3.63) is 120 Å². The maximum absolute atomic E-state index is 13.5. The number of anilines is 2. The Labute approximate surface area is 528 Å². The van der Waals surface area contributed by atoms with Gasteiger partial charge in [-0.05, 0) is 148 Å². The minimum Gasteiger partial charge on any atom is -0.494 e. The molecule has 496 valence electrons. The fraction of sp³-hybridized carbons (Fsp3) is 0.302. The molecule has 0 unspecified atom stereocenters. The monoisotopic (exact) mass is 1400 g/mol. The van der Waals surface area contributed by atoms with Crippen LogP contribution in [0.3, 0.4) is 0 Å². The van der Waals surface area contributed by atoms with Gasteiger partial charge in [-0.2, -0.15) is 71.0 Å². The second-order valence-electron chi connectivity index (χ2n) is 19.6. The molecule has 0 saturated heterocycles. The van der Waals surface area contributed by atoms with Crippen molar-refractivity contribution < 1.29 is 102 Å². The van der Waals surface area contributed by atoms with Gasteiger partial charge in [0.05, 0.1) is 72.2 Å². The summed E-state index contributed by atoms with van der Waals surface area (Å²) < 4.78 is 217. The first-order valence-corrected chi connectivity index (χ1v) is 36.2. The molecule has 2 amide bonds. The third-order valence-corrected chi connectivity index (χ3v) is 17.0. The molecule has 0 spiro atoms. The van der Waals surface area contributed by atoms with E-state index in [0.29, 0.717) is 22.5 Å². The number of unbranched alkanes of at least 4 members (excludes halogenated alkanes) is 2. The minimum absolute atomic E-state index is 0.0353. The van der Waals surface area contributed by atoms with Crippen LogP contribution in [0.15, 0.2) is 160 Å². The number of nitrogens with zero attached hydrogens (tertiary/aromatic N) is 8. The number of benzene rings is 6. The van der Waals surface area contributed by atoms with Gasteiger partial charge in [-0.1, -0.05) is 0 Å². The fourth-order valence-corrected chi connectivity index (χ4v) is 11.1. The Morgan fingerprint density at radius 1 is 0.359 bits per heavy atom. The molecule has 6 rings (SSSR count). The van der Waals surface area contributed by atoms with Crippen LogP contribution in [0.4, 0.5) is 61.7 Å². The van der Waals surface area contributed by atoms with Gasteiger partial charge in [-0.15, -0.1) is 20.5 Å². The number of ether oxygens (including phenoxy) is 4. The first kappa shape index (κ1) is 72.7. The highest BCUT2D eigenvalue weighted by molar-refractivity contribution is 7.87. The van der Waals surface area contributed by atoms with Crippen LogP contribution >= 0.6 is 0 Å². The maximum Gasteiger partial charge on any atom is 0.323 e. The molecule has 0 aliphatic rings. The molecule has 0 saturated carbocycles. The van der Waals surface area contributed by atoms with E-state index >= 15 is 0 Å². The molecule has 0 aromatic heterocycles. The lowest BCUT2D eigenvalue weighted by atomic mass is 10.2. The maximum atomic E-state index is 13.5. The summed E-state index contributed by atoms with van der Waals surface area (Å²) in [4.78, 5) is 12.2. The fourth-order valence-electron chi connectivity index (χ4n) is 7.69. The number of urea groups is 1. The van der Waals surface area contributed by atoms with Gasteiger partial charge >= 0.3 is 6.03 Å². The highest BCUT2D eigenvalue weighted by atomic mass is 32.2. The molecule has 6 aromatic rings. The highest BCUT2D eigenvalue weighted by Gasteiger charge is 2.20. The van der Waals surface area contributed by atoms with Crippen molar-refractivity contribution in [3.8, 4) is 23.0 Å². The van der Waals surface area contributed by atoms with Gasteiger partial charge in [0.1, 0.15) is 55.5 Å². The number of azo groups is 4. The number of amides is 2. The number of hydrogen-bond acceptors (Lipinski definition) is 25. The smallest absolute Gasteiger partial charge is 0.323 e. The zero-order valence-corrected chi connectivity index (χ0v) is 53.3. The zero-order valence-electron chi connectivity index (χ0n) is 48.4. The van der Waals surface area contributed by atoms with E-state index in [1.165, 1.54) is 84.9 Å². The van der Waals surface area contributed by atoms with E-state index < -0.39 is 99.5 Å². The Kier molecular flexibility index (Phi) is 25.5. The second kappa shape index (κ2) is 32.3. The van der Waals surface area contributed by atoms with Crippen LogP contribution in [0.2, 0.25) is 0 Å². The predicted molar refractivity (Wildman–Crippen MR) is 332 cm³/mol. The van der Waals surface area contributed by atoms with Gasteiger partial charge in [0.25, 0.3) is 60.7 Å². The van der Waals surface area contributed by atoms with E-state index in [9.17, 15) is 73.5 Å². The zero-order chi connectivity index (χ0) is 67.5. The van der Waals surface area contributed by atoms with Crippen LogP contribution in [-0.4, -0.2) is 133 Å². The molecule has 0 bridgehead atoms. The molecule has 0 aliphatic carbocycles. The molecule has 0 heterocycles. The molecule has 39 heteroatoms. The van der Waals surface area contributed by atoms with Crippen LogP contribution < -0.4 is 29.6 Å².